The van der Waals surface area contributed by atoms with Crippen molar-refractivity contribution in [1.29, 1.82) is 0 Å². The van der Waals surface area contributed by atoms with Crippen LogP contribution in [0.15, 0.2) is 30.3 Å². The molecule has 1 aromatic carbocycles. The van der Waals surface area contributed by atoms with Crippen molar-refractivity contribution in [1.82, 2.24) is 5.32 Å². The molecule has 4 nitrogen and oxygen atoms in total. The predicted octanol–water partition coefficient (Wildman–Crippen LogP) is 1.45. The van der Waals surface area contributed by atoms with Crippen LogP contribution in [-0.2, 0) is 16.0 Å². The van der Waals surface area contributed by atoms with Gasteiger partial charge in [-0.1, -0.05) is 30.3 Å². The fourth-order valence-corrected chi connectivity index (χ4v) is 1.29. The average Bonchev–Trinajstić information content (AvgIpc) is 2.30. The quantitative estimate of drug-likeness (QED) is 0.817. The summed E-state index contributed by atoms with van der Waals surface area (Å²) in [5.74, 6) is 0. The van der Waals surface area contributed by atoms with Gasteiger partial charge in [-0.2, -0.15) is 0 Å². The van der Waals surface area contributed by atoms with Crippen molar-refractivity contribution in [3.05, 3.63) is 35.9 Å². The Balaban J connectivity index is 2.49. The predicted molar refractivity (Wildman–Crippen MR) is 59.8 cm³/mol. The summed E-state index contributed by atoms with van der Waals surface area (Å²) in [7, 11) is 0. The van der Waals surface area contributed by atoms with E-state index in [0.29, 0.717) is 6.42 Å². The first-order chi connectivity index (χ1) is 7.76. The zero-order valence-electron chi connectivity index (χ0n) is 9.10. The molecule has 0 aromatic heterocycles. The topological polar surface area (TPSA) is 55.4 Å². The van der Waals surface area contributed by atoms with Gasteiger partial charge in [0.1, 0.15) is 6.04 Å². The van der Waals surface area contributed by atoms with Crippen LogP contribution >= 0.6 is 0 Å². The molecular weight excluding hydrogens is 206 g/mol. The van der Waals surface area contributed by atoms with Crippen LogP contribution in [0.4, 0.5) is 4.79 Å². The fraction of sp³-hybridized carbons (Fsp3) is 0.333. The van der Waals surface area contributed by atoms with Gasteiger partial charge in [0.25, 0.3) is 0 Å². The third kappa shape index (κ3) is 4.13. The molecule has 0 saturated carbocycles. The first-order valence-corrected chi connectivity index (χ1v) is 5.11. The number of nitrogens with one attached hydrogen (secondary N) is 1. The molecule has 4 heteroatoms. The minimum absolute atomic E-state index is 0.281. The molecule has 16 heavy (non-hydrogen) atoms. The summed E-state index contributed by atoms with van der Waals surface area (Å²) in [6.45, 7) is 1.99. The molecule has 1 atom stereocenters. The second kappa shape index (κ2) is 6.61. The molecule has 1 N–H and O–H groups in total. The van der Waals surface area contributed by atoms with E-state index in [0.717, 1.165) is 5.56 Å². The van der Waals surface area contributed by atoms with E-state index in [1.807, 2.05) is 30.3 Å². The Bertz CT molecular complexity index is 337. The number of rotatable bonds is 5. The molecule has 0 aliphatic heterocycles. The van der Waals surface area contributed by atoms with E-state index >= 15 is 0 Å². The second-order valence-corrected chi connectivity index (χ2v) is 3.22. The lowest BCUT2D eigenvalue weighted by Gasteiger charge is -2.11. The Morgan fingerprint density at radius 3 is 2.69 bits per heavy atom. The monoisotopic (exact) mass is 220 g/mol. The molecule has 0 heterocycles. The Hall–Kier alpha value is -1.84. The smallest absolute Gasteiger partial charge is 0.407 e. The van der Waals surface area contributed by atoms with Gasteiger partial charge in [0.15, 0.2) is 0 Å². The maximum atomic E-state index is 11.1. The molecule has 1 radical (unpaired) electrons. The van der Waals surface area contributed by atoms with Crippen LogP contribution < -0.4 is 5.32 Å². The van der Waals surface area contributed by atoms with Crippen molar-refractivity contribution >= 4 is 12.4 Å². The molecule has 1 aromatic rings. The van der Waals surface area contributed by atoms with Gasteiger partial charge in [0.2, 0.25) is 6.29 Å². The first kappa shape index (κ1) is 12.2. The average molecular weight is 220 g/mol. The van der Waals surface area contributed by atoms with Gasteiger partial charge >= 0.3 is 6.09 Å². The van der Waals surface area contributed by atoms with Crippen molar-refractivity contribution in [2.45, 2.75) is 19.4 Å². The zero-order valence-corrected chi connectivity index (χ0v) is 9.10. The maximum absolute atomic E-state index is 11.1. The number of ether oxygens (including phenoxy) is 1. The van der Waals surface area contributed by atoms with Crippen molar-refractivity contribution in [3.8, 4) is 0 Å². The molecule has 85 valence electrons. The normalized spacial score (nSPS) is 11.6. The van der Waals surface area contributed by atoms with E-state index in [2.05, 4.69) is 10.1 Å². The summed E-state index contributed by atoms with van der Waals surface area (Å²) in [5, 5.41) is 2.43. The van der Waals surface area contributed by atoms with Crippen LogP contribution in [0.25, 0.3) is 0 Å². The highest BCUT2D eigenvalue weighted by atomic mass is 16.5. The third-order valence-corrected chi connectivity index (χ3v) is 1.99. The van der Waals surface area contributed by atoms with Crippen LogP contribution in [0, 0.1) is 0 Å². The van der Waals surface area contributed by atoms with E-state index in [1.165, 1.54) is 0 Å². The minimum Gasteiger partial charge on any atom is -0.450 e. The minimum atomic E-state index is -0.665. The number of carbonyl (C=O) groups is 1. The number of amides is 1. The lowest BCUT2D eigenvalue weighted by Crippen LogP contribution is -2.37. The summed E-state index contributed by atoms with van der Waals surface area (Å²) in [6, 6.07) is 8.75. The molecule has 0 bridgehead atoms. The largest absolute Gasteiger partial charge is 0.450 e. The molecule has 0 aliphatic rings. The van der Waals surface area contributed by atoms with Gasteiger partial charge in [-0.15, -0.1) is 0 Å². The van der Waals surface area contributed by atoms with Gasteiger partial charge in [-0.25, -0.2) is 4.79 Å². The molecule has 1 rings (SSSR count). The van der Waals surface area contributed by atoms with Gasteiger partial charge in [-0.05, 0) is 12.5 Å². The van der Waals surface area contributed by atoms with Crippen molar-refractivity contribution in [3.63, 3.8) is 0 Å². The molecule has 0 fully saturated rings. The molecular formula is C12H14NO3. The second-order valence-electron chi connectivity index (χ2n) is 3.22. The van der Waals surface area contributed by atoms with Crippen molar-refractivity contribution in [2.75, 3.05) is 6.61 Å². The Kier molecular flexibility index (Phi) is 5.05. The van der Waals surface area contributed by atoms with Gasteiger partial charge in [-0.3, -0.25) is 4.79 Å². The van der Waals surface area contributed by atoms with E-state index < -0.39 is 12.1 Å². The Morgan fingerprint density at radius 1 is 1.44 bits per heavy atom. The lowest BCUT2D eigenvalue weighted by atomic mass is 10.1. The number of carbonyl (C=O) groups excluding carboxylic acids is 2. The van der Waals surface area contributed by atoms with E-state index in [1.54, 1.807) is 13.2 Å². The SMILES string of the molecule is CCOC(=O)NC([C]=O)Cc1ccccc1. The zero-order chi connectivity index (χ0) is 11.8. The number of hydrogen-bond donors (Lipinski definition) is 1. The standard InChI is InChI=1S/C12H14NO3/c1-2-16-12(15)13-11(9-14)8-10-6-4-3-5-7-10/h3-7,11H,2,8H2,1H3,(H,13,15). The van der Waals surface area contributed by atoms with E-state index in [4.69, 9.17) is 0 Å². The first-order valence-electron chi connectivity index (χ1n) is 5.11. The summed E-state index contributed by atoms with van der Waals surface area (Å²) in [4.78, 5) is 21.7. The number of alkyl carbamates (subject to hydrolysis) is 1. The molecule has 0 spiro atoms. The van der Waals surface area contributed by atoms with E-state index in [-0.39, 0.29) is 6.61 Å². The van der Waals surface area contributed by atoms with Crippen LogP contribution in [0.5, 0.6) is 0 Å². The lowest BCUT2D eigenvalue weighted by molar-refractivity contribution is 0.150. The van der Waals surface area contributed by atoms with Gasteiger partial charge < -0.3 is 10.1 Å². The maximum Gasteiger partial charge on any atom is 0.407 e. The van der Waals surface area contributed by atoms with Crippen LogP contribution in [0.2, 0.25) is 0 Å². The van der Waals surface area contributed by atoms with E-state index in [9.17, 15) is 9.59 Å². The van der Waals surface area contributed by atoms with Crippen LogP contribution in [0.3, 0.4) is 0 Å². The highest BCUT2D eigenvalue weighted by Crippen LogP contribution is 2.02. The van der Waals surface area contributed by atoms with Crippen LogP contribution in [0.1, 0.15) is 12.5 Å². The third-order valence-electron chi connectivity index (χ3n) is 1.99. The van der Waals surface area contributed by atoms with Crippen molar-refractivity contribution in [2.24, 2.45) is 0 Å². The molecule has 1 unspecified atom stereocenters. The van der Waals surface area contributed by atoms with Gasteiger partial charge in [0.05, 0.1) is 6.61 Å². The summed E-state index contributed by atoms with van der Waals surface area (Å²) in [5.41, 5.74) is 0.965. The summed E-state index contributed by atoms with van der Waals surface area (Å²) in [6.07, 6.45) is 1.61. The van der Waals surface area contributed by atoms with Crippen LogP contribution in [-0.4, -0.2) is 25.0 Å². The Labute approximate surface area is 94.6 Å². The number of benzene rings is 1. The molecule has 0 aliphatic carbocycles. The summed E-state index contributed by atoms with van der Waals surface area (Å²) >= 11 is 0. The highest BCUT2D eigenvalue weighted by Gasteiger charge is 2.13. The number of hydrogen-bond acceptors (Lipinski definition) is 3. The van der Waals surface area contributed by atoms with Gasteiger partial charge in [0, 0.05) is 6.42 Å². The molecule has 1 amide bonds. The Morgan fingerprint density at radius 2 is 2.12 bits per heavy atom. The van der Waals surface area contributed by atoms with Crippen molar-refractivity contribution < 1.29 is 14.3 Å². The molecule has 0 saturated heterocycles. The highest BCUT2D eigenvalue weighted by molar-refractivity contribution is 5.73. The summed E-state index contributed by atoms with van der Waals surface area (Å²) < 4.78 is 4.68. The fourth-order valence-electron chi connectivity index (χ4n) is 1.29.